The topological polar surface area (TPSA) is 42.2 Å². The van der Waals surface area contributed by atoms with E-state index in [9.17, 15) is 4.79 Å². The third-order valence-corrected chi connectivity index (χ3v) is 3.61. The molecule has 1 aromatic heterocycles. The molecule has 0 spiro atoms. The number of hydrogen-bond donors (Lipinski definition) is 1. The number of para-hydroxylation sites is 1. The molecule has 3 heteroatoms. The van der Waals surface area contributed by atoms with Crippen LogP contribution < -0.4 is 5.32 Å². The lowest BCUT2D eigenvalue weighted by atomic mass is 10.1. The highest BCUT2D eigenvalue weighted by atomic mass is 16.3. The summed E-state index contributed by atoms with van der Waals surface area (Å²) < 4.78 is 5.54. The molecule has 2 aromatic carbocycles. The van der Waals surface area contributed by atoms with Gasteiger partial charge in [0.15, 0.2) is 12.0 Å². The normalized spacial score (nSPS) is 11.9. The van der Waals surface area contributed by atoms with Gasteiger partial charge in [0.1, 0.15) is 5.76 Å². The van der Waals surface area contributed by atoms with Gasteiger partial charge in [-0.3, -0.25) is 4.79 Å². The summed E-state index contributed by atoms with van der Waals surface area (Å²) in [7, 11) is 0. The predicted molar refractivity (Wildman–Crippen MR) is 88.0 cm³/mol. The molecule has 22 heavy (non-hydrogen) atoms. The average Bonchev–Trinajstić information content (AvgIpc) is 3.05. The van der Waals surface area contributed by atoms with Gasteiger partial charge in [-0.1, -0.05) is 42.5 Å². The van der Waals surface area contributed by atoms with Gasteiger partial charge in [-0.05, 0) is 36.8 Å². The molecule has 0 saturated heterocycles. The highest BCUT2D eigenvalue weighted by Crippen LogP contribution is 2.31. The van der Waals surface area contributed by atoms with Crippen molar-refractivity contribution < 1.29 is 9.21 Å². The first-order valence-corrected chi connectivity index (χ1v) is 7.24. The first kappa shape index (κ1) is 14.1. The Hall–Kier alpha value is -2.81. The lowest BCUT2D eigenvalue weighted by Gasteiger charge is -2.17. The molecule has 1 N–H and O–H groups in total. The summed E-state index contributed by atoms with van der Waals surface area (Å²) in [5.74, 6) is 1.02. The van der Waals surface area contributed by atoms with E-state index in [1.807, 2.05) is 48.5 Å². The molecule has 0 bridgehead atoms. The Labute approximate surface area is 129 Å². The average molecular weight is 291 g/mol. The van der Waals surface area contributed by atoms with Crippen LogP contribution in [0.4, 0.5) is 5.69 Å². The van der Waals surface area contributed by atoms with E-state index in [1.54, 1.807) is 6.07 Å². The van der Waals surface area contributed by atoms with E-state index in [1.165, 1.54) is 5.56 Å². The first-order valence-electron chi connectivity index (χ1n) is 7.24. The highest BCUT2D eigenvalue weighted by molar-refractivity contribution is 5.78. The Bertz CT molecular complexity index is 762. The van der Waals surface area contributed by atoms with Crippen molar-refractivity contribution in [1.29, 1.82) is 0 Å². The molecule has 0 saturated carbocycles. The van der Waals surface area contributed by atoms with Crippen LogP contribution >= 0.6 is 0 Å². The first-order chi connectivity index (χ1) is 10.8. The minimum atomic E-state index is 0.169. The van der Waals surface area contributed by atoms with E-state index < -0.39 is 0 Å². The molecule has 0 amide bonds. The minimum Gasteiger partial charge on any atom is -0.453 e. The number of carbonyl (C=O) groups excluding carboxylic acids is 1. The number of furan rings is 1. The Kier molecular flexibility index (Phi) is 4.05. The second-order valence-electron chi connectivity index (χ2n) is 5.14. The Morgan fingerprint density at radius 3 is 2.41 bits per heavy atom. The van der Waals surface area contributed by atoms with Crippen molar-refractivity contribution in [3.63, 3.8) is 0 Å². The fourth-order valence-corrected chi connectivity index (χ4v) is 2.44. The molecular weight excluding hydrogens is 274 g/mol. The number of anilines is 1. The largest absolute Gasteiger partial charge is 0.453 e. The van der Waals surface area contributed by atoms with Gasteiger partial charge >= 0.3 is 0 Å². The van der Waals surface area contributed by atoms with Crippen LogP contribution in [-0.2, 0) is 0 Å². The van der Waals surface area contributed by atoms with Crippen LogP contribution in [0.1, 0.15) is 29.1 Å². The Morgan fingerprint density at radius 2 is 1.68 bits per heavy atom. The third-order valence-electron chi connectivity index (χ3n) is 3.61. The second kappa shape index (κ2) is 6.31. The summed E-state index contributed by atoms with van der Waals surface area (Å²) >= 11 is 0. The van der Waals surface area contributed by atoms with Gasteiger partial charge in [0.25, 0.3) is 0 Å². The smallest absolute Gasteiger partial charge is 0.185 e. The molecule has 0 fully saturated rings. The van der Waals surface area contributed by atoms with Crippen molar-refractivity contribution in [1.82, 2.24) is 0 Å². The molecule has 3 rings (SSSR count). The van der Waals surface area contributed by atoms with Crippen LogP contribution in [0.5, 0.6) is 0 Å². The van der Waals surface area contributed by atoms with E-state index in [4.69, 9.17) is 4.42 Å². The van der Waals surface area contributed by atoms with Gasteiger partial charge in [-0.25, -0.2) is 0 Å². The monoisotopic (exact) mass is 291 g/mol. The van der Waals surface area contributed by atoms with E-state index in [2.05, 4.69) is 24.4 Å². The van der Waals surface area contributed by atoms with E-state index in [0.29, 0.717) is 17.8 Å². The number of rotatable bonds is 5. The van der Waals surface area contributed by atoms with Gasteiger partial charge in [0, 0.05) is 17.3 Å². The maximum atomic E-state index is 10.8. The highest BCUT2D eigenvalue weighted by Gasteiger charge is 2.12. The molecule has 110 valence electrons. The van der Waals surface area contributed by atoms with Crippen LogP contribution in [-0.4, -0.2) is 6.29 Å². The molecule has 0 aliphatic heterocycles. The van der Waals surface area contributed by atoms with Gasteiger partial charge in [-0.15, -0.1) is 0 Å². The van der Waals surface area contributed by atoms with Crippen LogP contribution in [0, 0.1) is 0 Å². The van der Waals surface area contributed by atoms with Crippen molar-refractivity contribution in [3.8, 4) is 11.3 Å². The van der Waals surface area contributed by atoms with E-state index in [-0.39, 0.29) is 6.04 Å². The van der Waals surface area contributed by atoms with E-state index >= 15 is 0 Å². The zero-order valence-electron chi connectivity index (χ0n) is 12.3. The summed E-state index contributed by atoms with van der Waals surface area (Å²) in [6.45, 7) is 2.12. The molecule has 3 nitrogen and oxygen atoms in total. The number of nitrogens with one attached hydrogen (secondary N) is 1. The SMILES string of the molecule is CC(Nc1ccccc1-c1ccc(C=O)o1)c1ccccc1. The van der Waals surface area contributed by atoms with Crippen LogP contribution in [0.25, 0.3) is 11.3 Å². The van der Waals surface area contributed by atoms with Crippen molar-refractivity contribution in [2.75, 3.05) is 5.32 Å². The Balaban J connectivity index is 1.90. The minimum absolute atomic E-state index is 0.169. The van der Waals surface area contributed by atoms with E-state index in [0.717, 1.165) is 11.3 Å². The molecule has 3 aromatic rings. The molecule has 0 aliphatic rings. The van der Waals surface area contributed by atoms with Crippen LogP contribution in [0.15, 0.2) is 71.1 Å². The number of aldehydes is 1. The van der Waals surface area contributed by atoms with Crippen LogP contribution in [0.3, 0.4) is 0 Å². The third kappa shape index (κ3) is 2.93. The fourth-order valence-electron chi connectivity index (χ4n) is 2.44. The maximum absolute atomic E-state index is 10.8. The number of benzene rings is 2. The molecule has 1 heterocycles. The number of carbonyl (C=O) groups is 1. The molecule has 0 radical (unpaired) electrons. The Morgan fingerprint density at radius 1 is 0.955 bits per heavy atom. The lowest BCUT2D eigenvalue weighted by Crippen LogP contribution is -2.07. The lowest BCUT2D eigenvalue weighted by molar-refractivity contribution is 0.110. The van der Waals surface area contributed by atoms with Gasteiger partial charge in [0.05, 0.1) is 0 Å². The fraction of sp³-hybridized carbons (Fsp3) is 0.105. The van der Waals surface area contributed by atoms with Crippen molar-refractivity contribution >= 4 is 12.0 Å². The summed E-state index contributed by atoms with van der Waals surface area (Å²) in [5, 5.41) is 3.50. The summed E-state index contributed by atoms with van der Waals surface area (Å²) in [6, 6.07) is 21.9. The van der Waals surface area contributed by atoms with Gasteiger partial charge in [-0.2, -0.15) is 0 Å². The van der Waals surface area contributed by atoms with Crippen LogP contribution in [0.2, 0.25) is 0 Å². The zero-order valence-corrected chi connectivity index (χ0v) is 12.3. The summed E-state index contributed by atoms with van der Waals surface area (Å²) in [5.41, 5.74) is 3.13. The van der Waals surface area contributed by atoms with Gasteiger partial charge < -0.3 is 9.73 Å². The van der Waals surface area contributed by atoms with Crippen molar-refractivity contribution in [2.45, 2.75) is 13.0 Å². The molecule has 1 atom stereocenters. The van der Waals surface area contributed by atoms with Gasteiger partial charge in [0.2, 0.25) is 0 Å². The summed E-state index contributed by atoms with van der Waals surface area (Å²) in [4.78, 5) is 10.8. The second-order valence-corrected chi connectivity index (χ2v) is 5.14. The predicted octanol–water partition coefficient (Wildman–Crippen LogP) is 4.93. The quantitative estimate of drug-likeness (QED) is 0.677. The molecule has 0 aliphatic carbocycles. The van der Waals surface area contributed by atoms with Crippen molar-refractivity contribution in [2.24, 2.45) is 0 Å². The molecule has 1 unspecified atom stereocenters. The van der Waals surface area contributed by atoms with Crippen molar-refractivity contribution in [3.05, 3.63) is 78.1 Å². The standard InChI is InChI=1S/C19H17NO2/c1-14(15-7-3-2-4-8-15)20-18-10-6-5-9-17(18)19-12-11-16(13-21)22-19/h2-14,20H,1H3. The maximum Gasteiger partial charge on any atom is 0.185 e. The summed E-state index contributed by atoms with van der Waals surface area (Å²) in [6.07, 6.45) is 0.714. The zero-order chi connectivity index (χ0) is 15.4. The number of hydrogen-bond acceptors (Lipinski definition) is 3. The molecular formula is C19H17NO2.